The number of rotatable bonds is 5. The Labute approximate surface area is 135 Å². The van der Waals surface area contributed by atoms with Crippen LogP contribution in [0, 0.1) is 5.92 Å². The van der Waals surface area contributed by atoms with Gasteiger partial charge in [0.2, 0.25) is 0 Å². The minimum atomic E-state index is 0.552. The molecule has 1 N–H and O–H groups in total. The number of halogens is 2. The monoisotopic (exact) mass is 323 g/mol. The summed E-state index contributed by atoms with van der Waals surface area (Å²) < 4.78 is 0. The van der Waals surface area contributed by atoms with Gasteiger partial charge in [0.25, 0.3) is 0 Å². The average Bonchev–Trinajstić information content (AvgIpc) is 2.41. The molecule has 0 bridgehead atoms. The molecule has 1 heterocycles. The van der Waals surface area contributed by atoms with Crippen LogP contribution in [0.3, 0.4) is 0 Å². The molecule has 2 rings (SSSR count). The quantitative estimate of drug-likeness (QED) is 0.872. The van der Waals surface area contributed by atoms with Crippen LogP contribution in [0.5, 0.6) is 0 Å². The van der Waals surface area contributed by atoms with E-state index in [1.165, 1.54) is 0 Å². The Morgan fingerprint density at radius 2 is 1.90 bits per heavy atom. The Morgan fingerprint density at radius 3 is 2.52 bits per heavy atom. The van der Waals surface area contributed by atoms with Crippen LogP contribution < -0.4 is 5.32 Å². The molecule has 1 aromatic carbocycles. The summed E-state index contributed by atoms with van der Waals surface area (Å²) in [5.74, 6) is 2.15. The molecule has 0 aliphatic heterocycles. The maximum absolute atomic E-state index is 6.22. The van der Waals surface area contributed by atoms with E-state index >= 15 is 0 Å². The van der Waals surface area contributed by atoms with Crippen molar-refractivity contribution in [2.24, 2.45) is 5.92 Å². The van der Waals surface area contributed by atoms with Crippen LogP contribution in [0.4, 0.5) is 5.82 Å². The highest BCUT2D eigenvalue weighted by Gasteiger charge is 2.09. The van der Waals surface area contributed by atoms with Crippen molar-refractivity contribution in [2.45, 2.75) is 26.7 Å². The Bertz CT molecular complexity index is 627. The lowest BCUT2D eigenvalue weighted by molar-refractivity contribution is 0.631. The van der Waals surface area contributed by atoms with Gasteiger partial charge in [0.05, 0.1) is 0 Å². The largest absolute Gasteiger partial charge is 0.373 e. The van der Waals surface area contributed by atoms with E-state index in [0.717, 1.165) is 29.3 Å². The van der Waals surface area contributed by atoms with Gasteiger partial charge in [0.15, 0.2) is 0 Å². The number of nitrogens with one attached hydrogen (secondary N) is 1. The molecule has 0 radical (unpaired) electrons. The summed E-state index contributed by atoms with van der Waals surface area (Å²) in [4.78, 5) is 9.14. The SMILES string of the molecule is CNc1cc(CC(C)C)nc(Cc2ccc(Cl)cc2Cl)n1. The van der Waals surface area contributed by atoms with Crippen LogP contribution >= 0.6 is 23.2 Å². The molecule has 0 atom stereocenters. The highest BCUT2D eigenvalue weighted by atomic mass is 35.5. The molecular weight excluding hydrogens is 305 g/mol. The number of hydrogen-bond acceptors (Lipinski definition) is 3. The van der Waals surface area contributed by atoms with Crippen molar-refractivity contribution in [3.8, 4) is 0 Å². The zero-order chi connectivity index (χ0) is 15.4. The van der Waals surface area contributed by atoms with Crippen LogP contribution in [0.2, 0.25) is 10.0 Å². The predicted molar refractivity (Wildman–Crippen MR) is 89.4 cm³/mol. The van der Waals surface area contributed by atoms with Gasteiger partial charge in [0, 0.05) is 35.3 Å². The summed E-state index contributed by atoms with van der Waals surface area (Å²) in [6, 6.07) is 7.49. The lowest BCUT2D eigenvalue weighted by atomic mass is 10.1. The second-order valence-corrected chi connectivity index (χ2v) is 6.26. The van der Waals surface area contributed by atoms with Crippen molar-refractivity contribution in [1.82, 2.24) is 9.97 Å². The number of aromatic nitrogens is 2. The fraction of sp³-hybridized carbons (Fsp3) is 0.375. The summed E-state index contributed by atoms with van der Waals surface area (Å²) in [7, 11) is 1.86. The zero-order valence-corrected chi connectivity index (χ0v) is 14.0. The maximum atomic E-state index is 6.22. The molecule has 0 spiro atoms. The first-order valence-corrected chi connectivity index (χ1v) is 7.72. The molecule has 0 saturated heterocycles. The van der Waals surface area contributed by atoms with Gasteiger partial charge in [-0.05, 0) is 30.0 Å². The predicted octanol–water partition coefficient (Wildman–Crippen LogP) is 4.61. The van der Waals surface area contributed by atoms with Gasteiger partial charge in [-0.1, -0.05) is 43.1 Å². The fourth-order valence-electron chi connectivity index (χ4n) is 2.12. The Balaban J connectivity index is 2.29. The zero-order valence-electron chi connectivity index (χ0n) is 12.5. The maximum Gasteiger partial charge on any atom is 0.135 e. The Hall–Kier alpha value is -1.32. The van der Waals surface area contributed by atoms with Gasteiger partial charge >= 0.3 is 0 Å². The van der Waals surface area contributed by atoms with E-state index in [9.17, 15) is 0 Å². The van der Waals surface area contributed by atoms with Crippen molar-refractivity contribution < 1.29 is 0 Å². The number of nitrogens with zero attached hydrogens (tertiary/aromatic N) is 2. The molecule has 0 amide bonds. The van der Waals surface area contributed by atoms with Gasteiger partial charge in [-0.25, -0.2) is 9.97 Å². The van der Waals surface area contributed by atoms with Gasteiger partial charge in [-0.3, -0.25) is 0 Å². The van der Waals surface area contributed by atoms with Crippen molar-refractivity contribution in [1.29, 1.82) is 0 Å². The topological polar surface area (TPSA) is 37.8 Å². The van der Waals surface area contributed by atoms with Crippen molar-refractivity contribution in [3.05, 3.63) is 51.4 Å². The van der Waals surface area contributed by atoms with Crippen LogP contribution in [0.1, 0.15) is 30.9 Å². The lowest BCUT2D eigenvalue weighted by Crippen LogP contribution is -2.06. The highest BCUT2D eigenvalue weighted by Crippen LogP contribution is 2.23. The molecule has 0 aliphatic rings. The second kappa shape index (κ2) is 7.10. The molecule has 1 aromatic heterocycles. The Kier molecular flexibility index (Phi) is 5.43. The van der Waals surface area contributed by atoms with E-state index in [-0.39, 0.29) is 0 Å². The van der Waals surface area contributed by atoms with Gasteiger partial charge < -0.3 is 5.32 Å². The normalized spacial score (nSPS) is 11.0. The third kappa shape index (κ3) is 4.58. The summed E-state index contributed by atoms with van der Waals surface area (Å²) in [5.41, 5.74) is 2.02. The molecule has 112 valence electrons. The van der Waals surface area contributed by atoms with Gasteiger partial charge in [-0.2, -0.15) is 0 Å². The number of anilines is 1. The van der Waals surface area contributed by atoms with E-state index in [0.29, 0.717) is 22.4 Å². The van der Waals surface area contributed by atoms with Crippen molar-refractivity contribution in [2.75, 3.05) is 12.4 Å². The summed E-state index contributed by atoms with van der Waals surface area (Å²) in [6.45, 7) is 4.35. The van der Waals surface area contributed by atoms with E-state index in [4.69, 9.17) is 23.2 Å². The van der Waals surface area contributed by atoms with Gasteiger partial charge in [-0.15, -0.1) is 0 Å². The lowest BCUT2D eigenvalue weighted by Gasteiger charge is -2.10. The van der Waals surface area contributed by atoms with Crippen LogP contribution in [0.25, 0.3) is 0 Å². The Morgan fingerprint density at radius 1 is 1.14 bits per heavy atom. The fourth-order valence-corrected chi connectivity index (χ4v) is 2.59. The smallest absolute Gasteiger partial charge is 0.135 e. The standard InChI is InChI=1S/C16H19Cl2N3/c1-10(2)6-13-9-15(19-3)21-16(20-13)7-11-4-5-12(17)8-14(11)18/h4-5,8-10H,6-7H2,1-3H3,(H,19,20,21). The molecule has 0 aliphatic carbocycles. The van der Waals surface area contributed by atoms with Crippen LogP contribution in [-0.4, -0.2) is 17.0 Å². The molecule has 3 nitrogen and oxygen atoms in total. The van der Waals surface area contributed by atoms with E-state index in [2.05, 4.69) is 29.1 Å². The van der Waals surface area contributed by atoms with Crippen molar-refractivity contribution >= 4 is 29.0 Å². The molecule has 21 heavy (non-hydrogen) atoms. The summed E-state index contributed by atoms with van der Waals surface area (Å²) >= 11 is 12.1. The third-order valence-electron chi connectivity index (χ3n) is 3.06. The summed E-state index contributed by atoms with van der Waals surface area (Å²) in [6.07, 6.45) is 1.52. The molecular formula is C16H19Cl2N3. The first-order chi connectivity index (χ1) is 9.97. The molecule has 0 unspecified atom stereocenters. The molecule has 2 aromatic rings. The minimum absolute atomic E-state index is 0.552. The molecule has 0 fully saturated rings. The van der Waals surface area contributed by atoms with Crippen LogP contribution in [0.15, 0.2) is 24.3 Å². The summed E-state index contributed by atoms with van der Waals surface area (Å²) in [5, 5.41) is 4.36. The first kappa shape index (κ1) is 16.1. The average molecular weight is 324 g/mol. The molecule has 0 saturated carbocycles. The van der Waals surface area contributed by atoms with E-state index in [1.807, 2.05) is 25.2 Å². The van der Waals surface area contributed by atoms with E-state index in [1.54, 1.807) is 6.07 Å². The highest BCUT2D eigenvalue weighted by molar-refractivity contribution is 6.35. The van der Waals surface area contributed by atoms with E-state index < -0.39 is 0 Å². The minimum Gasteiger partial charge on any atom is -0.373 e. The van der Waals surface area contributed by atoms with Crippen molar-refractivity contribution in [3.63, 3.8) is 0 Å². The second-order valence-electron chi connectivity index (χ2n) is 5.42. The molecule has 5 heteroatoms. The third-order valence-corrected chi connectivity index (χ3v) is 3.65. The van der Waals surface area contributed by atoms with Gasteiger partial charge in [0.1, 0.15) is 11.6 Å². The van der Waals surface area contributed by atoms with Crippen LogP contribution in [-0.2, 0) is 12.8 Å². The number of benzene rings is 1. The number of hydrogen-bond donors (Lipinski definition) is 1. The first-order valence-electron chi connectivity index (χ1n) is 6.96.